The Morgan fingerprint density at radius 3 is 2.12 bits per heavy atom. The van der Waals surface area contributed by atoms with Crippen molar-refractivity contribution in [2.45, 2.75) is 57.2 Å². The number of carbonyl (C=O) groups excluding carboxylic acids is 2. The van der Waals surface area contributed by atoms with Gasteiger partial charge in [-0.25, -0.2) is 9.59 Å². The normalized spacial score (nSPS) is 14.9. The van der Waals surface area contributed by atoms with Crippen molar-refractivity contribution in [3.05, 3.63) is 59.7 Å². The number of ether oxygens (including phenoxy) is 2. The number of benzene rings is 2. The van der Waals surface area contributed by atoms with E-state index in [2.05, 4.69) is 22.8 Å². The van der Waals surface area contributed by atoms with Gasteiger partial charge < -0.3 is 25.2 Å². The van der Waals surface area contributed by atoms with Gasteiger partial charge in [-0.1, -0.05) is 61.9 Å². The second-order valence-electron chi connectivity index (χ2n) is 8.48. The number of hydrogen-bond donors (Lipinski definition) is 3. The summed E-state index contributed by atoms with van der Waals surface area (Å²) in [5.41, 5.74) is 4.53. The summed E-state index contributed by atoms with van der Waals surface area (Å²) in [4.78, 5) is 36.5. The fourth-order valence-corrected chi connectivity index (χ4v) is 4.35. The average molecular weight is 469 g/mol. The van der Waals surface area contributed by atoms with Crippen LogP contribution in [-0.4, -0.2) is 55.0 Å². The first-order valence-corrected chi connectivity index (χ1v) is 11.5. The van der Waals surface area contributed by atoms with Crippen LogP contribution in [0.15, 0.2) is 48.5 Å². The molecule has 0 bridgehead atoms. The van der Waals surface area contributed by atoms with Crippen LogP contribution in [0.5, 0.6) is 0 Å². The third-order valence-corrected chi connectivity index (χ3v) is 6.16. The highest BCUT2D eigenvalue weighted by Gasteiger charge is 2.30. The number of carbonyl (C=O) groups is 3. The minimum Gasteiger partial charge on any atom is -0.480 e. The first-order chi connectivity index (χ1) is 16.3. The number of hydrogen-bond acceptors (Lipinski definition) is 5. The SMILES string of the molecule is CCC[C@@H](CC(=O)N[C@H](C(=O)O)[C@@H](C)OC)NC(=O)OCC1c2ccccc2-c2ccccc21. The lowest BCUT2D eigenvalue weighted by Gasteiger charge is -2.23. The van der Waals surface area contributed by atoms with Crippen LogP contribution >= 0.6 is 0 Å². The molecule has 0 radical (unpaired) electrons. The van der Waals surface area contributed by atoms with Gasteiger partial charge in [-0.05, 0) is 35.6 Å². The molecular weight excluding hydrogens is 436 g/mol. The van der Waals surface area contributed by atoms with Crippen LogP contribution in [0.3, 0.4) is 0 Å². The molecule has 2 amide bonds. The lowest BCUT2D eigenvalue weighted by Crippen LogP contribution is -2.50. The Labute approximate surface area is 199 Å². The van der Waals surface area contributed by atoms with Crippen LogP contribution in [0.25, 0.3) is 11.1 Å². The highest BCUT2D eigenvalue weighted by molar-refractivity contribution is 5.84. The fourth-order valence-electron chi connectivity index (χ4n) is 4.35. The molecule has 34 heavy (non-hydrogen) atoms. The van der Waals surface area contributed by atoms with Crippen molar-refractivity contribution in [2.75, 3.05) is 13.7 Å². The van der Waals surface area contributed by atoms with E-state index in [9.17, 15) is 19.5 Å². The minimum absolute atomic E-state index is 0.0573. The standard InChI is InChI=1S/C26H32N2O6/c1-4-9-17(14-23(29)28-24(25(30)31)16(2)33-3)27-26(32)34-15-22-20-12-7-5-10-18(20)19-11-6-8-13-21(19)22/h5-8,10-13,16-17,22,24H,4,9,14-15H2,1-3H3,(H,27,32)(H,28,29)(H,30,31)/t16-,17+,24+/m1/s1. The average Bonchev–Trinajstić information content (AvgIpc) is 3.14. The van der Waals surface area contributed by atoms with Gasteiger partial charge in [-0.2, -0.15) is 0 Å². The van der Waals surface area contributed by atoms with Crippen molar-refractivity contribution in [2.24, 2.45) is 0 Å². The Bertz CT molecular complexity index is 978. The Balaban J connectivity index is 1.59. The Kier molecular flexibility index (Phi) is 8.65. The smallest absolute Gasteiger partial charge is 0.407 e. The van der Waals surface area contributed by atoms with Gasteiger partial charge in [0.05, 0.1) is 6.10 Å². The summed E-state index contributed by atoms with van der Waals surface area (Å²) in [5.74, 6) is -1.72. The first kappa shape index (κ1) is 25.2. The summed E-state index contributed by atoms with van der Waals surface area (Å²) >= 11 is 0. The van der Waals surface area contributed by atoms with Crippen LogP contribution in [0.2, 0.25) is 0 Å². The second kappa shape index (κ2) is 11.7. The number of amides is 2. The molecule has 0 spiro atoms. The van der Waals surface area contributed by atoms with E-state index in [1.54, 1.807) is 6.92 Å². The van der Waals surface area contributed by atoms with Gasteiger partial charge >= 0.3 is 12.1 Å². The highest BCUT2D eigenvalue weighted by Crippen LogP contribution is 2.44. The summed E-state index contributed by atoms with van der Waals surface area (Å²) in [5, 5.41) is 14.6. The van der Waals surface area contributed by atoms with E-state index >= 15 is 0 Å². The molecule has 8 heteroatoms. The number of fused-ring (bicyclic) bond motifs is 3. The number of methoxy groups -OCH3 is 1. The van der Waals surface area contributed by atoms with Gasteiger partial charge in [-0.15, -0.1) is 0 Å². The molecule has 2 aromatic rings. The summed E-state index contributed by atoms with van der Waals surface area (Å²) in [7, 11) is 1.38. The molecule has 3 rings (SSSR count). The van der Waals surface area contributed by atoms with E-state index in [-0.39, 0.29) is 18.9 Å². The van der Waals surface area contributed by atoms with Gasteiger partial charge in [-0.3, -0.25) is 4.79 Å². The molecule has 0 fully saturated rings. The maximum absolute atomic E-state index is 12.6. The van der Waals surface area contributed by atoms with E-state index in [0.717, 1.165) is 28.7 Å². The zero-order valence-electron chi connectivity index (χ0n) is 19.7. The lowest BCUT2D eigenvalue weighted by molar-refractivity contribution is -0.145. The van der Waals surface area contributed by atoms with Crippen LogP contribution in [0, 0.1) is 0 Å². The summed E-state index contributed by atoms with van der Waals surface area (Å²) < 4.78 is 10.6. The molecular formula is C26H32N2O6. The molecule has 0 aromatic heterocycles. The van der Waals surface area contributed by atoms with Crippen molar-refractivity contribution >= 4 is 18.0 Å². The van der Waals surface area contributed by atoms with Crippen LogP contribution in [0.4, 0.5) is 4.79 Å². The van der Waals surface area contributed by atoms with E-state index < -0.39 is 36.2 Å². The molecule has 182 valence electrons. The second-order valence-corrected chi connectivity index (χ2v) is 8.48. The van der Waals surface area contributed by atoms with Gasteiger partial charge in [0.25, 0.3) is 0 Å². The molecule has 0 aliphatic heterocycles. The fraction of sp³-hybridized carbons (Fsp3) is 0.423. The molecule has 3 atom stereocenters. The topological polar surface area (TPSA) is 114 Å². The van der Waals surface area contributed by atoms with Crippen LogP contribution < -0.4 is 10.6 Å². The Hall–Kier alpha value is -3.39. The maximum Gasteiger partial charge on any atom is 0.407 e. The van der Waals surface area contributed by atoms with Crippen molar-refractivity contribution < 1.29 is 29.0 Å². The quantitative estimate of drug-likeness (QED) is 0.464. The van der Waals surface area contributed by atoms with E-state index in [4.69, 9.17) is 9.47 Å². The molecule has 3 N–H and O–H groups in total. The minimum atomic E-state index is -1.18. The monoisotopic (exact) mass is 468 g/mol. The summed E-state index contributed by atoms with van der Waals surface area (Å²) in [6.45, 7) is 3.69. The van der Waals surface area contributed by atoms with Crippen molar-refractivity contribution in [3.8, 4) is 11.1 Å². The summed E-state index contributed by atoms with van der Waals surface area (Å²) in [6, 6.07) is 14.5. The van der Waals surface area contributed by atoms with E-state index in [1.165, 1.54) is 7.11 Å². The molecule has 1 aliphatic carbocycles. The highest BCUT2D eigenvalue weighted by atomic mass is 16.5. The molecule has 2 aromatic carbocycles. The number of alkyl carbamates (subject to hydrolysis) is 1. The first-order valence-electron chi connectivity index (χ1n) is 11.5. The number of carboxylic acids is 1. The van der Waals surface area contributed by atoms with Gasteiger partial charge in [0.15, 0.2) is 6.04 Å². The molecule has 0 unspecified atom stereocenters. The van der Waals surface area contributed by atoms with Gasteiger partial charge in [0.2, 0.25) is 5.91 Å². The van der Waals surface area contributed by atoms with Crippen LogP contribution in [-0.2, 0) is 19.1 Å². The molecule has 0 saturated heterocycles. The Morgan fingerprint density at radius 2 is 1.59 bits per heavy atom. The number of rotatable bonds is 11. The lowest BCUT2D eigenvalue weighted by atomic mass is 9.98. The Morgan fingerprint density at radius 1 is 1.00 bits per heavy atom. The van der Waals surface area contributed by atoms with E-state index in [0.29, 0.717) is 6.42 Å². The van der Waals surface area contributed by atoms with E-state index in [1.807, 2.05) is 43.3 Å². The maximum atomic E-state index is 12.6. The van der Waals surface area contributed by atoms with Gasteiger partial charge in [0, 0.05) is 25.5 Å². The van der Waals surface area contributed by atoms with Crippen molar-refractivity contribution in [1.29, 1.82) is 0 Å². The molecule has 8 nitrogen and oxygen atoms in total. The molecule has 1 aliphatic rings. The zero-order chi connectivity index (χ0) is 24.7. The van der Waals surface area contributed by atoms with Crippen molar-refractivity contribution in [1.82, 2.24) is 10.6 Å². The van der Waals surface area contributed by atoms with Crippen molar-refractivity contribution in [3.63, 3.8) is 0 Å². The number of nitrogens with one attached hydrogen (secondary N) is 2. The number of carboxylic acid groups (broad SMARTS) is 1. The zero-order valence-corrected chi connectivity index (χ0v) is 19.7. The molecule has 0 heterocycles. The third kappa shape index (κ3) is 5.94. The molecule has 0 saturated carbocycles. The summed E-state index contributed by atoms with van der Waals surface area (Å²) in [6.07, 6.45) is -0.0689. The van der Waals surface area contributed by atoms with Crippen LogP contribution in [0.1, 0.15) is 50.2 Å². The predicted octanol–water partition coefficient (Wildman–Crippen LogP) is 3.69. The predicted molar refractivity (Wildman–Crippen MR) is 128 cm³/mol. The third-order valence-electron chi connectivity index (χ3n) is 6.16. The number of aliphatic carboxylic acids is 1. The van der Waals surface area contributed by atoms with Gasteiger partial charge in [0.1, 0.15) is 6.61 Å². The largest absolute Gasteiger partial charge is 0.480 e.